The molecular formula is C17H22N4S. The zero-order chi connectivity index (χ0) is 15.9. The Labute approximate surface area is 137 Å². The van der Waals surface area contributed by atoms with E-state index in [0.717, 1.165) is 17.4 Å². The number of aryl methyl sites for hydroxylation is 1. The van der Waals surface area contributed by atoms with Gasteiger partial charge in [0.05, 0.1) is 17.8 Å². The van der Waals surface area contributed by atoms with Crippen LogP contribution in [0.15, 0.2) is 30.5 Å². The Bertz CT molecular complexity index is 692. The van der Waals surface area contributed by atoms with Gasteiger partial charge in [-0.15, -0.1) is 0 Å². The molecule has 22 heavy (non-hydrogen) atoms. The molecule has 4 nitrogen and oxygen atoms in total. The Kier molecular flexibility index (Phi) is 3.91. The highest BCUT2D eigenvalue weighted by atomic mass is 32.1. The van der Waals surface area contributed by atoms with Crippen molar-refractivity contribution in [2.24, 2.45) is 7.05 Å². The van der Waals surface area contributed by atoms with Crippen LogP contribution in [0.3, 0.4) is 0 Å². The van der Waals surface area contributed by atoms with Crippen LogP contribution >= 0.6 is 12.2 Å². The predicted octanol–water partition coefficient (Wildman–Crippen LogP) is 3.03. The fourth-order valence-electron chi connectivity index (χ4n) is 3.27. The summed E-state index contributed by atoms with van der Waals surface area (Å²) in [5.74, 6) is 0. The molecule has 1 aliphatic rings. The lowest BCUT2D eigenvalue weighted by Gasteiger charge is -2.26. The largest absolute Gasteiger partial charge is 0.352 e. The third kappa shape index (κ3) is 2.29. The van der Waals surface area contributed by atoms with Crippen molar-refractivity contribution in [2.75, 3.05) is 6.54 Å². The van der Waals surface area contributed by atoms with Crippen LogP contribution < -0.4 is 5.32 Å². The van der Waals surface area contributed by atoms with Crippen LogP contribution in [0.5, 0.6) is 0 Å². The third-order valence-electron chi connectivity index (χ3n) is 4.67. The Balaban J connectivity index is 2.10. The number of nitrogens with zero attached hydrogens (tertiary/aromatic N) is 3. The fraction of sp³-hybridized carbons (Fsp3) is 0.412. The van der Waals surface area contributed by atoms with Crippen molar-refractivity contribution in [3.8, 4) is 0 Å². The molecule has 3 rings (SSSR count). The van der Waals surface area contributed by atoms with Gasteiger partial charge in [-0.25, -0.2) is 0 Å². The Hall–Kier alpha value is -1.88. The molecule has 0 aliphatic carbocycles. The van der Waals surface area contributed by atoms with Gasteiger partial charge in [-0.2, -0.15) is 0 Å². The first-order valence-electron chi connectivity index (χ1n) is 7.65. The number of hydrogen-bond acceptors (Lipinski definition) is 2. The van der Waals surface area contributed by atoms with Gasteiger partial charge in [0, 0.05) is 31.2 Å². The molecule has 2 aromatic rings. The van der Waals surface area contributed by atoms with Gasteiger partial charge >= 0.3 is 0 Å². The van der Waals surface area contributed by atoms with Crippen LogP contribution in [0, 0.1) is 13.8 Å². The molecule has 116 valence electrons. The van der Waals surface area contributed by atoms with E-state index in [1.54, 1.807) is 0 Å². The lowest BCUT2D eigenvalue weighted by atomic mass is 9.97. The van der Waals surface area contributed by atoms with E-state index in [9.17, 15) is 0 Å². The molecule has 0 radical (unpaired) electrons. The SMILES string of the molecule is CCN1C(=S)N[C@H](c2ccccn2)[C@@H]1c1cc(C)n(C)c1C. The summed E-state index contributed by atoms with van der Waals surface area (Å²) in [4.78, 5) is 6.80. The number of pyridine rings is 1. The summed E-state index contributed by atoms with van der Waals surface area (Å²) in [6.45, 7) is 7.34. The summed E-state index contributed by atoms with van der Waals surface area (Å²) in [6, 6.07) is 8.59. The van der Waals surface area contributed by atoms with E-state index in [1.165, 1.54) is 17.0 Å². The molecule has 5 heteroatoms. The van der Waals surface area contributed by atoms with Gasteiger partial charge in [-0.3, -0.25) is 4.98 Å². The van der Waals surface area contributed by atoms with Crippen LogP contribution in [0.2, 0.25) is 0 Å². The molecule has 2 aromatic heterocycles. The van der Waals surface area contributed by atoms with E-state index in [4.69, 9.17) is 12.2 Å². The minimum Gasteiger partial charge on any atom is -0.352 e. The van der Waals surface area contributed by atoms with Gasteiger partial charge in [0.2, 0.25) is 0 Å². The molecule has 0 amide bonds. The highest BCUT2D eigenvalue weighted by Crippen LogP contribution is 2.40. The minimum absolute atomic E-state index is 0.0918. The molecule has 0 unspecified atom stereocenters. The van der Waals surface area contributed by atoms with Crippen LogP contribution in [0.1, 0.15) is 41.7 Å². The first kappa shape index (κ1) is 15.0. The number of hydrogen-bond donors (Lipinski definition) is 1. The first-order valence-corrected chi connectivity index (χ1v) is 8.06. The van der Waals surface area contributed by atoms with E-state index in [1.807, 2.05) is 18.3 Å². The van der Waals surface area contributed by atoms with Gasteiger partial charge in [-0.1, -0.05) is 6.07 Å². The number of aromatic nitrogens is 2. The molecule has 1 aliphatic heterocycles. The van der Waals surface area contributed by atoms with Crippen LogP contribution in [-0.4, -0.2) is 26.1 Å². The molecule has 1 saturated heterocycles. The summed E-state index contributed by atoms with van der Waals surface area (Å²) >= 11 is 5.56. The molecule has 0 saturated carbocycles. The number of rotatable bonds is 3. The van der Waals surface area contributed by atoms with Crippen molar-refractivity contribution in [3.63, 3.8) is 0 Å². The maximum atomic E-state index is 5.56. The minimum atomic E-state index is 0.0918. The lowest BCUT2D eigenvalue weighted by molar-refractivity contribution is 0.329. The topological polar surface area (TPSA) is 33.1 Å². The van der Waals surface area contributed by atoms with Crippen molar-refractivity contribution in [2.45, 2.75) is 32.9 Å². The molecule has 2 atom stereocenters. The molecular weight excluding hydrogens is 292 g/mol. The molecule has 0 spiro atoms. The normalized spacial score (nSPS) is 21.3. The van der Waals surface area contributed by atoms with Crippen LogP contribution in [-0.2, 0) is 7.05 Å². The monoisotopic (exact) mass is 314 g/mol. The molecule has 0 bridgehead atoms. The van der Waals surface area contributed by atoms with E-state index in [2.05, 4.69) is 59.7 Å². The zero-order valence-corrected chi connectivity index (χ0v) is 14.3. The summed E-state index contributed by atoms with van der Waals surface area (Å²) in [5.41, 5.74) is 4.91. The van der Waals surface area contributed by atoms with Crippen molar-refractivity contribution >= 4 is 17.3 Å². The zero-order valence-electron chi connectivity index (χ0n) is 13.5. The second-order valence-electron chi connectivity index (χ2n) is 5.80. The summed E-state index contributed by atoms with van der Waals surface area (Å²) in [6.07, 6.45) is 1.84. The average molecular weight is 314 g/mol. The fourth-order valence-corrected chi connectivity index (χ4v) is 3.64. The average Bonchev–Trinajstić information content (AvgIpc) is 2.99. The van der Waals surface area contributed by atoms with E-state index in [-0.39, 0.29) is 12.1 Å². The molecule has 3 heterocycles. The van der Waals surface area contributed by atoms with Crippen molar-refractivity contribution < 1.29 is 0 Å². The number of likely N-dealkylation sites (N-methyl/N-ethyl adjacent to an activating group) is 1. The second kappa shape index (κ2) is 5.72. The third-order valence-corrected chi connectivity index (χ3v) is 5.02. The standard InChI is InChI=1S/C17H22N4S/c1-5-21-16(13-10-11(2)20(4)12(13)3)15(19-17(21)22)14-8-6-7-9-18-14/h6-10,15-16H,5H2,1-4H3,(H,19,22)/t15-,16+/m1/s1. The van der Waals surface area contributed by atoms with Crippen molar-refractivity contribution in [1.29, 1.82) is 0 Å². The lowest BCUT2D eigenvalue weighted by Crippen LogP contribution is -2.29. The van der Waals surface area contributed by atoms with Gasteiger partial charge in [0.25, 0.3) is 0 Å². The maximum Gasteiger partial charge on any atom is 0.170 e. The first-order chi connectivity index (χ1) is 10.5. The Morgan fingerprint density at radius 2 is 2.09 bits per heavy atom. The highest BCUT2D eigenvalue weighted by Gasteiger charge is 2.40. The predicted molar refractivity (Wildman–Crippen MR) is 92.7 cm³/mol. The Morgan fingerprint density at radius 3 is 2.64 bits per heavy atom. The molecule has 1 fully saturated rings. The van der Waals surface area contributed by atoms with Crippen molar-refractivity contribution in [3.05, 3.63) is 53.1 Å². The van der Waals surface area contributed by atoms with Gasteiger partial charge in [0.1, 0.15) is 0 Å². The van der Waals surface area contributed by atoms with E-state index >= 15 is 0 Å². The number of thiocarbonyl (C=S) groups is 1. The van der Waals surface area contributed by atoms with Crippen LogP contribution in [0.25, 0.3) is 0 Å². The summed E-state index contributed by atoms with van der Waals surface area (Å²) in [5, 5.41) is 4.27. The van der Waals surface area contributed by atoms with Gasteiger partial charge in [-0.05, 0) is 56.8 Å². The summed E-state index contributed by atoms with van der Waals surface area (Å²) in [7, 11) is 2.11. The van der Waals surface area contributed by atoms with E-state index < -0.39 is 0 Å². The highest BCUT2D eigenvalue weighted by molar-refractivity contribution is 7.80. The molecule has 1 N–H and O–H groups in total. The number of nitrogens with one attached hydrogen (secondary N) is 1. The Morgan fingerprint density at radius 1 is 1.32 bits per heavy atom. The maximum absolute atomic E-state index is 5.56. The van der Waals surface area contributed by atoms with Crippen LogP contribution in [0.4, 0.5) is 0 Å². The van der Waals surface area contributed by atoms with Gasteiger partial charge < -0.3 is 14.8 Å². The molecule has 0 aromatic carbocycles. The van der Waals surface area contributed by atoms with Gasteiger partial charge in [0.15, 0.2) is 5.11 Å². The smallest absolute Gasteiger partial charge is 0.170 e. The quantitative estimate of drug-likeness (QED) is 0.883. The summed E-state index contributed by atoms with van der Waals surface area (Å²) < 4.78 is 2.24. The van der Waals surface area contributed by atoms with E-state index in [0.29, 0.717) is 0 Å². The second-order valence-corrected chi connectivity index (χ2v) is 6.18. The van der Waals surface area contributed by atoms with Crippen molar-refractivity contribution in [1.82, 2.24) is 19.8 Å².